The molecule has 0 spiro atoms. The highest BCUT2D eigenvalue weighted by Gasteiger charge is 2.22. The lowest BCUT2D eigenvalue weighted by atomic mass is 10.0. The van der Waals surface area contributed by atoms with Crippen molar-refractivity contribution >= 4 is 16.8 Å². The van der Waals surface area contributed by atoms with Gasteiger partial charge in [0, 0.05) is 49.1 Å². The van der Waals surface area contributed by atoms with Gasteiger partial charge < -0.3 is 15.7 Å². The topological polar surface area (TPSA) is 132 Å². The number of carbonyl (C=O) groups is 1. The lowest BCUT2D eigenvalue weighted by Gasteiger charge is -2.22. The monoisotopic (exact) mass is 501 g/mol. The van der Waals surface area contributed by atoms with Crippen LogP contribution in [0.25, 0.3) is 33.4 Å². The van der Waals surface area contributed by atoms with E-state index in [1.807, 2.05) is 30.3 Å². The number of hydrogen-bond acceptors (Lipinski definition) is 7. The summed E-state index contributed by atoms with van der Waals surface area (Å²) in [5.41, 5.74) is 9.56. The van der Waals surface area contributed by atoms with Gasteiger partial charge in [-0.1, -0.05) is 18.6 Å². The summed E-state index contributed by atoms with van der Waals surface area (Å²) in [5, 5.41) is 14.2. The Balaban J connectivity index is 1.57. The number of aryl methyl sites for hydroxylation is 1. The van der Waals surface area contributed by atoms with Gasteiger partial charge in [-0.25, -0.2) is 9.97 Å². The third-order valence-electron chi connectivity index (χ3n) is 6.91. The van der Waals surface area contributed by atoms with Crippen LogP contribution in [0.3, 0.4) is 0 Å². The minimum atomic E-state index is -0.416. The fraction of sp³-hybridized carbons (Fsp3) is 0.370. The van der Waals surface area contributed by atoms with Crippen LogP contribution in [0.15, 0.2) is 53.8 Å². The zero-order chi connectivity index (χ0) is 26.1. The van der Waals surface area contributed by atoms with E-state index in [2.05, 4.69) is 10.1 Å². The molecule has 37 heavy (non-hydrogen) atoms. The number of aromatic nitrogens is 5. The Bertz CT molecular complexity index is 1490. The van der Waals surface area contributed by atoms with Crippen molar-refractivity contribution in [2.24, 2.45) is 12.8 Å². The van der Waals surface area contributed by atoms with Gasteiger partial charge in [-0.2, -0.15) is 5.10 Å². The number of benzene rings is 1. The first-order chi connectivity index (χ1) is 17.9. The van der Waals surface area contributed by atoms with Gasteiger partial charge in [0.25, 0.3) is 11.5 Å². The molecule has 0 aliphatic carbocycles. The van der Waals surface area contributed by atoms with Crippen molar-refractivity contribution in [3.63, 3.8) is 0 Å². The number of hydrogen-bond donors (Lipinski definition) is 2. The van der Waals surface area contributed by atoms with Crippen molar-refractivity contribution in [2.75, 3.05) is 19.7 Å². The number of aliphatic hydroxyl groups excluding tert-OH is 1. The number of carbonyl (C=O) groups excluding carboxylic acids is 1. The van der Waals surface area contributed by atoms with Crippen LogP contribution in [0, 0.1) is 0 Å². The number of amides is 1. The van der Waals surface area contributed by atoms with Gasteiger partial charge >= 0.3 is 0 Å². The Hall–Kier alpha value is -3.89. The van der Waals surface area contributed by atoms with Gasteiger partial charge in [0.2, 0.25) is 0 Å². The molecule has 10 heteroatoms. The molecule has 1 aliphatic rings. The van der Waals surface area contributed by atoms with Crippen molar-refractivity contribution in [1.82, 2.24) is 29.2 Å². The van der Waals surface area contributed by atoms with Gasteiger partial charge in [0.1, 0.15) is 11.2 Å². The highest BCUT2D eigenvalue weighted by Crippen LogP contribution is 2.29. The third kappa shape index (κ3) is 4.90. The Morgan fingerprint density at radius 1 is 1.22 bits per heavy atom. The van der Waals surface area contributed by atoms with E-state index in [0.717, 1.165) is 30.4 Å². The first-order valence-corrected chi connectivity index (χ1v) is 12.5. The van der Waals surface area contributed by atoms with Crippen LogP contribution in [0.5, 0.6) is 0 Å². The molecule has 5 rings (SSSR count). The minimum Gasteiger partial charge on any atom is -0.394 e. The standard InChI is InChI=1S/C27H31N7O3/c1-17(15-35)34-16-29-25-22(27(34)37)11-23(31-24(25)20-12-30-32(2)13-20)18-6-8-19(9-7-18)26(36)33-10-4-3-5-21(28)14-33/h6-9,11-13,16-17,21,35H,3-5,10,14-15,28H2,1-2H3/t17-,21?/m0/s1. The van der Waals surface area contributed by atoms with E-state index >= 15 is 0 Å². The largest absolute Gasteiger partial charge is 0.394 e. The summed E-state index contributed by atoms with van der Waals surface area (Å²) in [7, 11) is 1.81. The van der Waals surface area contributed by atoms with Crippen LogP contribution >= 0.6 is 0 Å². The molecule has 4 heterocycles. The summed E-state index contributed by atoms with van der Waals surface area (Å²) < 4.78 is 3.09. The van der Waals surface area contributed by atoms with Crippen LogP contribution in [-0.4, -0.2) is 66.0 Å². The molecule has 1 unspecified atom stereocenters. The van der Waals surface area contributed by atoms with Gasteiger partial charge in [0.15, 0.2) is 0 Å². The molecule has 1 aliphatic heterocycles. The Morgan fingerprint density at radius 2 is 2.00 bits per heavy atom. The van der Waals surface area contributed by atoms with Gasteiger partial charge in [0.05, 0.1) is 36.3 Å². The second-order valence-corrected chi connectivity index (χ2v) is 9.73. The first-order valence-electron chi connectivity index (χ1n) is 12.5. The van der Waals surface area contributed by atoms with Crippen molar-refractivity contribution in [3.05, 3.63) is 65.0 Å². The van der Waals surface area contributed by atoms with Crippen molar-refractivity contribution in [3.8, 4) is 22.5 Å². The molecule has 1 aromatic carbocycles. The van der Waals surface area contributed by atoms with E-state index in [4.69, 9.17) is 10.7 Å². The summed E-state index contributed by atoms with van der Waals surface area (Å²) in [4.78, 5) is 37.7. The van der Waals surface area contributed by atoms with E-state index in [0.29, 0.717) is 40.9 Å². The van der Waals surface area contributed by atoms with E-state index in [-0.39, 0.29) is 24.1 Å². The lowest BCUT2D eigenvalue weighted by Crippen LogP contribution is -2.39. The quantitative estimate of drug-likeness (QED) is 0.429. The van der Waals surface area contributed by atoms with E-state index in [1.165, 1.54) is 10.9 Å². The zero-order valence-electron chi connectivity index (χ0n) is 21.0. The number of pyridine rings is 1. The molecular formula is C27H31N7O3. The highest BCUT2D eigenvalue weighted by atomic mass is 16.3. The number of likely N-dealkylation sites (tertiary alicyclic amines) is 1. The minimum absolute atomic E-state index is 0.00429. The van der Waals surface area contributed by atoms with Crippen LogP contribution in [0.1, 0.15) is 42.6 Å². The SMILES string of the molecule is C[C@@H](CO)n1cnc2c(-c3cnn(C)c3)nc(-c3ccc(C(=O)N4CCCCC(N)C4)cc3)cc2c1=O. The lowest BCUT2D eigenvalue weighted by molar-refractivity contribution is 0.0755. The fourth-order valence-electron chi connectivity index (χ4n) is 4.76. The predicted octanol–water partition coefficient (Wildman–Crippen LogP) is 2.37. The van der Waals surface area contributed by atoms with Crippen molar-refractivity contribution in [2.45, 2.75) is 38.3 Å². The summed E-state index contributed by atoms with van der Waals surface area (Å²) in [5.74, 6) is -0.0310. The normalized spacial score (nSPS) is 17.1. The average Bonchev–Trinajstić information content (AvgIpc) is 3.23. The molecule has 0 bridgehead atoms. The van der Waals surface area contributed by atoms with Crippen molar-refractivity contribution < 1.29 is 9.90 Å². The summed E-state index contributed by atoms with van der Waals surface area (Å²) in [6.45, 7) is 2.84. The molecule has 1 fully saturated rings. The Labute approximate surface area is 214 Å². The Kier molecular flexibility index (Phi) is 6.86. The average molecular weight is 502 g/mol. The van der Waals surface area contributed by atoms with Crippen LogP contribution in [0.4, 0.5) is 0 Å². The summed E-state index contributed by atoms with van der Waals surface area (Å²) in [6.07, 6.45) is 7.87. The second kappa shape index (κ2) is 10.2. The smallest absolute Gasteiger partial charge is 0.261 e. The molecule has 0 radical (unpaired) electrons. The molecule has 1 saturated heterocycles. The molecule has 0 saturated carbocycles. The maximum absolute atomic E-state index is 13.4. The molecule has 10 nitrogen and oxygen atoms in total. The second-order valence-electron chi connectivity index (χ2n) is 9.73. The fourth-order valence-corrected chi connectivity index (χ4v) is 4.76. The number of fused-ring (bicyclic) bond motifs is 1. The van der Waals surface area contributed by atoms with E-state index in [1.54, 1.807) is 36.0 Å². The highest BCUT2D eigenvalue weighted by molar-refractivity contribution is 5.96. The molecule has 3 N–H and O–H groups in total. The molecule has 1 amide bonds. The summed E-state index contributed by atoms with van der Waals surface area (Å²) in [6, 6.07) is 8.58. The third-order valence-corrected chi connectivity index (χ3v) is 6.91. The van der Waals surface area contributed by atoms with Gasteiger partial charge in [-0.05, 0) is 38.0 Å². The molecule has 192 valence electrons. The van der Waals surface area contributed by atoms with Crippen LogP contribution in [0.2, 0.25) is 0 Å². The Morgan fingerprint density at radius 3 is 2.70 bits per heavy atom. The van der Waals surface area contributed by atoms with Crippen molar-refractivity contribution in [1.29, 1.82) is 0 Å². The summed E-state index contributed by atoms with van der Waals surface area (Å²) >= 11 is 0. The van der Waals surface area contributed by atoms with Crippen LogP contribution < -0.4 is 11.3 Å². The first kappa shape index (κ1) is 24.8. The molecule has 2 atom stereocenters. The maximum atomic E-state index is 13.4. The van der Waals surface area contributed by atoms with Gasteiger partial charge in [-0.3, -0.25) is 18.8 Å². The van der Waals surface area contributed by atoms with Gasteiger partial charge in [-0.15, -0.1) is 0 Å². The molecule has 4 aromatic rings. The maximum Gasteiger partial charge on any atom is 0.261 e. The number of rotatable bonds is 5. The van der Waals surface area contributed by atoms with Crippen LogP contribution in [-0.2, 0) is 7.05 Å². The zero-order valence-corrected chi connectivity index (χ0v) is 21.0. The van der Waals surface area contributed by atoms with E-state index < -0.39 is 6.04 Å². The molecular weight excluding hydrogens is 470 g/mol. The number of nitrogens with zero attached hydrogens (tertiary/aromatic N) is 6. The molecule has 3 aromatic heterocycles. The number of aliphatic hydroxyl groups is 1. The van der Waals surface area contributed by atoms with E-state index in [9.17, 15) is 14.7 Å². The number of nitrogens with two attached hydrogens (primary N) is 1. The predicted molar refractivity (Wildman–Crippen MR) is 141 cm³/mol.